The van der Waals surface area contributed by atoms with Gasteiger partial charge in [0.2, 0.25) is 5.91 Å². The van der Waals surface area contributed by atoms with Gasteiger partial charge in [-0.3, -0.25) is 9.48 Å². The van der Waals surface area contributed by atoms with Crippen molar-refractivity contribution < 1.29 is 9.18 Å². The van der Waals surface area contributed by atoms with Crippen LogP contribution in [0.4, 0.5) is 10.2 Å². The molecule has 7 nitrogen and oxygen atoms in total. The number of aromatic nitrogens is 4. The normalized spacial score (nSPS) is 19.6. The molecule has 29 heavy (non-hydrogen) atoms. The molecule has 0 radical (unpaired) electrons. The number of pyridine rings is 1. The van der Waals surface area contributed by atoms with E-state index in [1.54, 1.807) is 24.0 Å². The fraction of sp³-hybridized carbons (Fsp3) is 0.429. The summed E-state index contributed by atoms with van der Waals surface area (Å²) in [6.45, 7) is 0. The lowest BCUT2D eigenvalue weighted by molar-refractivity contribution is -0.121. The van der Waals surface area contributed by atoms with Crippen LogP contribution in [0.5, 0.6) is 0 Å². The molecule has 1 N–H and O–H groups in total. The lowest BCUT2D eigenvalue weighted by Gasteiger charge is -2.31. The first kappa shape index (κ1) is 19.4. The van der Waals surface area contributed by atoms with Gasteiger partial charge in [0.25, 0.3) is 0 Å². The molecule has 1 aliphatic rings. The minimum Gasteiger partial charge on any atom is -0.310 e. The fourth-order valence-electron chi connectivity index (χ4n) is 3.99. The van der Waals surface area contributed by atoms with Crippen LogP contribution in [0.1, 0.15) is 25.7 Å². The second-order valence-electron chi connectivity index (χ2n) is 7.98. The number of nitrogens with one attached hydrogen (secondary N) is 1. The van der Waals surface area contributed by atoms with Gasteiger partial charge >= 0.3 is 0 Å². The molecule has 4 rings (SSSR count). The molecule has 2 aromatic heterocycles. The first-order valence-electron chi connectivity index (χ1n) is 9.84. The number of carbonyl (C=O) groups is 1. The molecule has 152 valence electrons. The lowest BCUT2D eigenvalue weighted by Crippen LogP contribution is -2.35. The van der Waals surface area contributed by atoms with Gasteiger partial charge in [-0.1, -0.05) is 5.21 Å². The van der Waals surface area contributed by atoms with E-state index in [0.29, 0.717) is 33.9 Å². The predicted molar refractivity (Wildman–Crippen MR) is 110 cm³/mol. The van der Waals surface area contributed by atoms with Gasteiger partial charge < -0.3 is 10.2 Å². The molecule has 2 heterocycles. The predicted octanol–water partition coefficient (Wildman–Crippen LogP) is 3.23. The van der Waals surface area contributed by atoms with Gasteiger partial charge in [-0.15, -0.1) is 5.10 Å². The van der Waals surface area contributed by atoms with Crippen molar-refractivity contribution in [2.75, 3.05) is 19.4 Å². The van der Waals surface area contributed by atoms with Crippen molar-refractivity contribution in [2.45, 2.75) is 31.7 Å². The SMILES string of the molecule is CN(C)C1CCC(C(=O)Nc2cc3cc(-c4cn(C)nn4)cc(F)c3cn2)CC1. The summed E-state index contributed by atoms with van der Waals surface area (Å²) in [4.78, 5) is 19.1. The Hall–Kier alpha value is -2.87. The van der Waals surface area contributed by atoms with Crippen LogP contribution in [-0.4, -0.2) is 50.9 Å². The van der Waals surface area contributed by atoms with Crippen LogP contribution >= 0.6 is 0 Å². The van der Waals surface area contributed by atoms with E-state index >= 15 is 0 Å². The van der Waals surface area contributed by atoms with Crippen molar-refractivity contribution in [3.05, 3.63) is 36.4 Å². The summed E-state index contributed by atoms with van der Waals surface area (Å²) < 4.78 is 16.1. The molecule has 0 saturated heterocycles. The van der Waals surface area contributed by atoms with Crippen LogP contribution in [0.25, 0.3) is 22.0 Å². The molecular formula is C21H25FN6O. The molecular weight excluding hydrogens is 371 g/mol. The minimum atomic E-state index is -0.379. The number of aryl methyl sites for hydroxylation is 1. The van der Waals surface area contributed by atoms with Crippen molar-refractivity contribution in [3.63, 3.8) is 0 Å². The Morgan fingerprint density at radius 1 is 1.21 bits per heavy atom. The van der Waals surface area contributed by atoms with Gasteiger partial charge in [-0.05, 0) is 63.4 Å². The number of amides is 1. The van der Waals surface area contributed by atoms with E-state index < -0.39 is 0 Å². The van der Waals surface area contributed by atoms with Gasteiger partial charge in [0.05, 0.1) is 6.20 Å². The molecule has 0 atom stereocenters. The Morgan fingerprint density at radius 2 is 1.97 bits per heavy atom. The van der Waals surface area contributed by atoms with Gasteiger partial charge in [-0.25, -0.2) is 9.37 Å². The topological polar surface area (TPSA) is 75.9 Å². The average Bonchev–Trinajstić information content (AvgIpc) is 3.14. The Morgan fingerprint density at radius 3 is 2.62 bits per heavy atom. The quantitative estimate of drug-likeness (QED) is 0.733. The molecule has 1 saturated carbocycles. The maximum atomic E-state index is 14.5. The molecule has 0 spiro atoms. The first-order chi connectivity index (χ1) is 13.9. The zero-order chi connectivity index (χ0) is 20.5. The van der Waals surface area contributed by atoms with Crippen LogP contribution in [0, 0.1) is 11.7 Å². The number of carbonyl (C=O) groups excluding carboxylic acids is 1. The van der Waals surface area contributed by atoms with Crippen molar-refractivity contribution in [3.8, 4) is 11.3 Å². The van der Waals surface area contributed by atoms with Gasteiger partial charge in [0.1, 0.15) is 17.3 Å². The third-order valence-corrected chi connectivity index (χ3v) is 5.73. The number of fused-ring (bicyclic) bond motifs is 1. The zero-order valence-corrected chi connectivity index (χ0v) is 16.9. The molecule has 3 aromatic rings. The van der Waals surface area contributed by atoms with E-state index in [9.17, 15) is 9.18 Å². The van der Waals surface area contributed by atoms with E-state index in [4.69, 9.17) is 0 Å². The van der Waals surface area contributed by atoms with Gasteiger partial charge in [-0.2, -0.15) is 0 Å². The molecule has 1 fully saturated rings. The van der Waals surface area contributed by atoms with E-state index in [1.165, 1.54) is 12.3 Å². The van der Waals surface area contributed by atoms with Crippen molar-refractivity contribution in [1.82, 2.24) is 24.9 Å². The highest BCUT2D eigenvalue weighted by Crippen LogP contribution is 2.29. The molecule has 1 aromatic carbocycles. The van der Waals surface area contributed by atoms with E-state index in [2.05, 4.69) is 39.6 Å². The first-order valence-corrected chi connectivity index (χ1v) is 9.84. The summed E-state index contributed by atoms with van der Waals surface area (Å²) in [7, 11) is 5.93. The zero-order valence-electron chi connectivity index (χ0n) is 16.9. The third kappa shape index (κ3) is 4.12. The van der Waals surface area contributed by atoms with Gasteiger partial charge in [0, 0.05) is 36.2 Å². The number of anilines is 1. The fourth-order valence-corrected chi connectivity index (χ4v) is 3.99. The maximum Gasteiger partial charge on any atom is 0.228 e. The maximum absolute atomic E-state index is 14.5. The number of hydrogen-bond acceptors (Lipinski definition) is 5. The van der Waals surface area contributed by atoms with Crippen molar-refractivity contribution in [2.24, 2.45) is 13.0 Å². The van der Waals surface area contributed by atoms with Crippen LogP contribution < -0.4 is 5.32 Å². The Balaban J connectivity index is 1.53. The van der Waals surface area contributed by atoms with Crippen molar-refractivity contribution >= 4 is 22.5 Å². The molecule has 0 aliphatic heterocycles. The highest BCUT2D eigenvalue weighted by atomic mass is 19.1. The number of hydrogen-bond donors (Lipinski definition) is 1. The van der Waals surface area contributed by atoms with E-state index in [1.807, 2.05) is 6.07 Å². The molecule has 1 aliphatic carbocycles. The summed E-state index contributed by atoms with van der Waals surface area (Å²) in [5.41, 5.74) is 1.22. The monoisotopic (exact) mass is 396 g/mol. The van der Waals surface area contributed by atoms with E-state index in [0.717, 1.165) is 25.7 Å². The number of nitrogens with zero attached hydrogens (tertiary/aromatic N) is 5. The average molecular weight is 396 g/mol. The van der Waals surface area contributed by atoms with Crippen molar-refractivity contribution in [1.29, 1.82) is 0 Å². The molecule has 8 heteroatoms. The summed E-state index contributed by atoms with van der Waals surface area (Å²) >= 11 is 0. The molecule has 1 amide bonds. The highest BCUT2D eigenvalue weighted by molar-refractivity contribution is 5.95. The Labute approximate surface area is 168 Å². The summed E-state index contributed by atoms with van der Waals surface area (Å²) in [6, 6.07) is 5.51. The van der Waals surface area contributed by atoms with E-state index in [-0.39, 0.29) is 17.6 Å². The van der Waals surface area contributed by atoms with Crippen LogP contribution in [-0.2, 0) is 11.8 Å². The van der Waals surface area contributed by atoms with Gasteiger partial charge in [0.15, 0.2) is 0 Å². The second-order valence-corrected chi connectivity index (χ2v) is 7.98. The molecule has 0 bridgehead atoms. The third-order valence-electron chi connectivity index (χ3n) is 5.73. The summed E-state index contributed by atoms with van der Waals surface area (Å²) in [5, 5.41) is 11.9. The van der Waals surface area contributed by atoms with Crippen LogP contribution in [0.2, 0.25) is 0 Å². The Kier molecular flexibility index (Phi) is 5.27. The standard InChI is InChI=1S/C21H25FN6O/c1-27(2)16-6-4-13(5-7-16)21(29)24-20-10-14-8-15(19-12-28(3)26-25-19)9-18(22)17(14)11-23-20/h8-13,16H,4-7H2,1-3H3,(H,23,24,29). The summed E-state index contributed by atoms with van der Waals surface area (Å²) in [6.07, 6.45) is 6.96. The lowest BCUT2D eigenvalue weighted by atomic mass is 9.85. The van der Waals surface area contributed by atoms with Crippen LogP contribution in [0.3, 0.4) is 0 Å². The number of benzene rings is 1. The summed E-state index contributed by atoms with van der Waals surface area (Å²) in [5.74, 6) is 0.0365. The Bertz CT molecular complexity index is 1040. The minimum absolute atomic E-state index is 0.00800. The largest absolute Gasteiger partial charge is 0.310 e. The molecule has 0 unspecified atom stereocenters. The number of halogens is 1. The second kappa shape index (κ2) is 7.87. The smallest absolute Gasteiger partial charge is 0.228 e. The number of rotatable bonds is 4. The highest BCUT2D eigenvalue weighted by Gasteiger charge is 2.27. The van der Waals surface area contributed by atoms with Crippen LogP contribution in [0.15, 0.2) is 30.6 Å².